The summed E-state index contributed by atoms with van der Waals surface area (Å²) >= 11 is 5.84. The van der Waals surface area contributed by atoms with Crippen LogP contribution in [0.5, 0.6) is 0 Å². The fraction of sp³-hybridized carbons (Fsp3) is 0.333. The van der Waals surface area contributed by atoms with Gasteiger partial charge in [0.05, 0.1) is 19.2 Å². The molecule has 0 fully saturated rings. The molecular formula is C15H16ClNO3. The third-order valence-electron chi connectivity index (χ3n) is 3.42. The van der Waals surface area contributed by atoms with Crippen molar-refractivity contribution in [3.05, 3.63) is 46.1 Å². The normalized spacial score (nSPS) is 15.6. The molecule has 0 spiro atoms. The van der Waals surface area contributed by atoms with Crippen molar-refractivity contribution < 1.29 is 14.3 Å². The maximum atomic E-state index is 12.0. The summed E-state index contributed by atoms with van der Waals surface area (Å²) < 4.78 is 4.76. The van der Waals surface area contributed by atoms with E-state index in [9.17, 15) is 9.59 Å². The first-order valence-corrected chi connectivity index (χ1v) is 6.73. The van der Waals surface area contributed by atoms with Gasteiger partial charge < -0.3 is 9.64 Å². The van der Waals surface area contributed by atoms with Crippen LogP contribution >= 0.6 is 11.6 Å². The number of hydrogen-bond donors (Lipinski definition) is 0. The Morgan fingerprint density at radius 3 is 2.55 bits per heavy atom. The number of nitrogens with zero attached hydrogens (tertiary/aromatic N) is 1. The largest absolute Gasteiger partial charge is 0.466 e. The lowest BCUT2D eigenvalue weighted by Gasteiger charge is -2.29. The van der Waals surface area contributed by atoms with Gasteiger partial charge in [0.2, 0.25) is 5.91 Å². The summed E-state index contributed by atoms with van der Waals surface area (Å²) in [4.78, 5) is 25.4. The van der Waals surface area contributed by atoms with Gasteiger partial charge >= 0.3 is 5.97 Å². The molecule has 0 N–H and O–H groups in total. The first kappa shape index (κ1) is 14.6. The zero-order chi connectivity index (χ0) is 14.7. The van der Waals surface area contributed by atoms with Gasteiger partial charge in [0, 0.05) is 17.1 Å². The van der Waals surface area contributed by atoms with E-state index in [1.165, 1.54) is 7.11 Å². The molecule has 0 aliphatic carbocycles. The number of hydrogen-bond acceptors (Lipinski definition) is 3. The summed E-state index contributed by atoms with van der Waals surface area (Å²) in [5, 5.41) is 0.654. The minimum atomic E-state index is -0.365. The number of methoxy groups -OCH3 is 1. The lowest BCUT2D eigenvalue weighted by Crippen LogP contribution is -2.34. The first-order chi connectivity index (χ1) is 9.52. The zero-order valence-corrected chi connectivity index (χ0v) is 12.2. The van der Waals surface area contributed by atoms with Gasteiger partial charge in [0.15, 0.2) is 0 Å². The minimum Gasteiger partial charge on any atom is -0.466 e. The van der Waals surface area contributed by atoms with Gasteiger partial charge in [-0.3, -0.25) is 4.79 Å². The van der Waals surface area contributed by atoms with Gasteiger partial charge in [-0.1, -0.05) is 23.7 Å². The summed E-state index contributed by atoms with van der Waals surface area (Å²) in [6, 6.07) is 7.31. The van der Waals surface area contributed by atoms with Crippen LogP contribution in [0.1, 0.15) is 25.3 Å². The number of ether oxygens (including phenoxy) is 1. The van der Waals surface area contributed by atoms with Crippen LogP contribution in [-0.4, -0.2) is 23.9 Å². The van der Waals surface area contributed by atoms with E-state index in [-0.39, 0.29) is 11.9 Å². The molecule has 1 aliphatic heterocycles. The molecule has 4 nitrogen and oxygen atoms in total. The molecule has 0 saturated heterocycles. The van der Waals surface area contributed by atoms with Crippen LogP contribution in [0.3, 0.4) is 0 Å². The average molecular weight is 294 g/mol. The molecule has 0 saturated carbocycles. The number of esters is 1. The lowest BCUT2D eigenvalue weighted by atomic mass is 10.0. The summed E-state index contributed by atoms with van der Waals surface area (Å²) in [5.41, 5.74) is 2.21. The van der Waals surface area contributed by atoms with Crippen molar-refractivity contribution >= 4 is 23.5 Å². The fourth-order valence-corrected chi connectivity index (χ4v) is 2.38. The molecule has 106 valence electrons. The number of rotatable bonds is 3. The second kappa shape index (κ2) is 6.09. The van der Waals surface area contributed by atoms with E-state index in [2.05, 4.69) is 0 Å². The van der Waals surface area contributed by atoms with Gasteiger partial charge in [-0.15, -0.1) is 0 Å². The molecular weight excluding hydrogens is 278 g/mol. The summed E-state index contributed by atoms with van der Waals surface area (Å²) in [6.07, 6.45) is 0.768. The Balaban J connectivity index is 2.26. The van der Waals surface area contributed by atoms with Crippen LogP contribution in [0.2, 0.25) is 5.02 Å². The lowest BCUT2D eigenvalue weighted by molar-refractivity contribution is -0.137. The number of benzene rings is 1. The highest BCUT2D eigenvalue weighted by Crippen LogP contribution is 2.26. The predicted octanol–water partition coefficient (Wildman–Crippen LogP) is 2.91. The van der Waals surface area contributed by atoms with Gasteiger partial charge in [-0.2, -0.15) is 0 Å². The topological polar surface area (TPSA) is 46.6 Å². The van der Waals surface area contributed by atoms with E-state index in [0.29, 0.717) is 35.7 Å². The Morgan fingerprint density at radius 1 is 1.30 bits per heavy atom. The standard InChI is InChI=1S/C15H16ClNO3/c1-10-13(15(19)20-2)7-8-14(18)17(10)9-11-3-5-12(16)6-4-11/h3-6H,7-9H2,1-2H3. The second-order valence-electron chi connectivity index (χ2n) is 4.66. The molecule has 1 aromatic carbocycles. The molecule has 2 rings (SSSR count). The molecule has 0 bridgehead atoms. The molecule has 1 amide bonds. The van der Waals surface area contributed by atoms with Crippen molar-refractivity contribution in [2.45, 2.75) is 26.3 Å². The highest BCUT2D eigenvalue weighted by molar-refractivity contribution is 6.30. The SMILES string of the molecule is COC(=O)C1=C(C)N(Cc2ccc(Cl)cc2)C(=O)CC1. The first-order valence-electron chi connectivity index (χ1n) is 6.36. The van der Waals surface area contributed by atoms with Crippen molar-refractivity contribution in [2.75, 3.05) is 7.11 Å². The summed E-state index contributed by atoms with van der Waals surface area (Å²) in [6.45, 7) is 2.21. The minimum absolute atomic E-state index is 0.0186. The molecule has 1 aliphatic rings. The van der Waals surface area contributed by atoms with Crippen molar-refractivity contribution in [2.24, 2.45) is 0 Å². The molecule has 1 aromatic rings. The van der Waals surface area contributed by atoms with E-state index in [0.717, 1.165) is 5.56 Å². The monoisotopic (exact) mass is 293 g/mol. The van der Waals surface area contributed by atoms with E-state index in [4.69, 9.17) is 16.3 Å². The van der Waals surface area contributed by atoms with Gasteiger partial charge in [0.1, 0.15) is 0 Å². The second-order valence-corrected chi connectivity index (χ2v) is 5.10. The Labute approximate surface area is 123 Å². The highest BCUT2D eigenvalue weighted by atomic mass is 35.5. The Morgan fingerprint density at radius 2 is 1.95 bits per heavy atom. The number of allylic oxidation sites excluding steroid dienone is 1. The van der Waals surface area contributed by atoms with Crippen LogP contribution in [0.15, 0.2) is 35.5 Å². The predicted molar refractivity (Wildman–Crippen MR) is 76.0 cm³/mol. The Hall–Kier alpha value is -1.81. The number of halogens is 1. The molecule has 1 heterocycles. The average Bonchev–Trinajstić information content (AvgIpc) is 2.45. The van der Waals surface area contributed by atoms with E-state index >= 15 is 0 Å². The fourth-order valence-electron chi connectivity index (χ4n) is 2.25. The van der Waals surface area contributed by atoms with Crippen LogP contribution < -0.4 is 0 Å². The summed E-state index contributed by atoms with van der Waals surface area (Å²) in [5.74, 6) is -0.346. The zero-order valence-electron chi connectivity index (χ0n) is 11.5. The molecule has 0 aromatic heterocycles. The van der Waals surface area contributed by atoms with Gasteiger partial charge in [0.25, 0.3) is 0 Å². The van der Waals surface area contributed by atoms with Crippen LogP contribution in [0, 0.1) is 0 Å². The third-order valence-corrected chi connectivity index (χ3v) is 3.67. The van der Waals surface area contributed by atoms with Crippen molar-refractivity contribution in [3.63, 3.8) is 0 Å². The van der Waals surface area contributed by atoms with E-state index < -0.39 is 0 Å². The summed E-state index contributed by atoms with van der Waals surface area (Å²) in [7, 11) is 1.35. The number of amides is 1. The maximum absolute atomic E-state index is 12.0. The molecule has 20 heavy (non-hydrogen) atoms. The highest BCUT2D eigenvalue weighted by Gasteiger charge is 2.27. The Kier molecular flexibility index (Phi) is 4.45. The van der Waals surface area contributed by atoms with Crippen molar-refractivity contribution in [3.8, 4) is 0 Å². The smallest absolute Gasteiger partial charge is 0.335 e. The molecule has 0 unspecified atom stereocenters. The van der Waals surface area contributed by atoms with Crippen molar-refractivity contribution in [1.82, 2.24) is 4.90 Å². The van der Waals surface area contributed by atoms with E-state index in [1.54, 1.807) is 24.0 Å². The van der Waals surface area contributed by atoms with Crippen LogP contribution in [-0.2, 0) is 20.9 Å². The van der Waals surface area contributed by atoms with E-state index in [1.807, 2.05) is 12.1 Å². The number of carbonyl (C=O) groups is 2. The van der Waals surface area contributed by atoms with Gasteiger partial charge in [-0.05, 0) is 31.0 Å². The third kappa shape index (κ3) is 3.02. The number of carbonyl (C=O) groups excluding carboxylic acids is 2. The maximum Gasteiger partial charge on any atom is 0.335 e. The quantitative estimate of drug-likeness (QED) is 0.805. The molecule has 5 heteroatoms. The van der Waals surface area contributed by atoms with Crippen LogP contribution in [0.25, 0.3) is 0 Å². The molecule has 0 radical (unpaired) electrons. The van der Waals surface area contributed by atoms with Gasteiger partial charge in [-0.25, -0.2) is 4.79 Å². The Bertz CT molecular complexity index is 563. The molecule has 0 atom stereocenters. The van der Waals surface area contributed by atoms with Crippen molar-refractivity contribution in [1.29, 1.82) is 0 Å². The van der Waals surface area contributed by atoms with Crippen LogP contribution in [0.4, 0.5) is 0 Å².